The predicted octanol–water partition coefficient (Wildman–Crippen LogP) is 1.83. The fourth-order valence-corrected chi connectivity index (χ4v) is 3.51. The van der Waals surface area contributed by atoms with Crippen molar-refractivity contribution in [2.45, 2.75) is 11.4 Å². The first-order chi connectivity index (χ1) is 11.3. The van der Waals surface area contributed by atoms with Gasteiger partial charge in [-0.15, -0.1) is 0 Å². The van der Waals surface area contributed by atoms with Crippen LogP contribution in [0.1, 0.15) is 5.56 Å². The van der Waals surface area contributed by atoms with Gasteiger partial charge in [0.2, 0.25) is 0 Å². The van der Waals surface area contributed by atoms with Crippen molar-refractivity contribution in [3.05, 3.63) is 48.3 Å². The number of benzene rings is 1. The lowest BCUT2D eigenvalue weighted by Gasteiger charge is -2.12. The molecule has 1 aromatic carbocycles. The molecule has 0 atom stereocenters. The molecule has 2 aromatic heterocycles. The third kappa shape index (κ3) is 3.39. The second-order valence-electron chi connectivity index (χ2n) is 5.90. The van der Waals surface area contributed by atoms with E-state index in [1.54, 1.807) is 30.1 Å². The lowest BCUT2D eigenvalue weighted by atomic mass is 10.2. The number of anilines is 1. The van der Waals surface area contributed by atoms with Crippen LogP contribution in [-0.2, 0) is 23.6 Å². The zero-order valence-electron chi connectivity index (χ0n) is 13.8. The molecule has 126 valence electrons. The molecule has 0 aliphatic heterocycles. The van der Waals surface area contributed by atoms with Crippen molar-refractivity contribution >= 4 is 26.7 Å². The lowest BCUT2D eigenvalue weighted by molar-refractivity contribution is 0.402. The molecule has 1 N–H and O–H groups in total. The molecule has 0 fully saturated rings. The van der Waals surface area contributed by atoms with Crippen molar-refractivity contribution in [1.82, 2.24) is 19.7 Å². The molecule has 8 heteroatoms. The Morgan fingerprint density at radius 3 is 2.75 bits per heavy atom. The molecule has 3 rings (SSSR count). The Bertz CT molecular complexity index is 979. The first kappa shape index (κ1) is 16.4. The highest BCUT2D eigenvalue weighted by Gasteiger charge is 2.16. The zero-order chi connectivity index (χ0) is 17.3. The minimum Gasteiger partial charge on any atom is -0.305 e. The Labute approximate surface area is 141 Å². The van der Waals surface area contributed by atoms with Crippen LogP contribution in [0, 0.1) is 0 Å². The molecule has 0 radical (unpaired) electrons. The highest BCUT2D eigenvalue weighted by atomic mass is 32.2. The van der Waals surface area contributed by atoms with Crippen LogP contribution in [0.15, 0.2) is 47.6 Å². The topological polar surface area (TPSA) is 80.1 Å². The Balaban J connectivity index is 1.89. The second-order valence-corrected chi connectivity index (χ2v) is 7.58. The molecule has 0 aliphatic rings. The van der Waals surface area contributed by atoms with Crippen molar-refractivity contribution in [1.29, 1.82) is 0 Å². The first-order valence-electron chi connectivity index (χ1n) is 7.39. The van der Waals surface area contributed by atoms with Crippen LogP contribution in [0.2, 0.25) is 0 Å². The molecule has 0 amide bonds. The summed E-state index contributed by atoms with van der Waals surface area (Å²) in [5, 5.41) is 4.76. The van der Waals surface area contributed by atoms with Crippen LogP contribution in [-0.4, -0.2) is 42.2 Å². The molecule has 0 spiro atoms. The van der Waals surface area contributed by atoms with Crippen LogP contribution in [0.3, 0.4) is 0 Å². The normalized spacial score (nSPS) is 12.0. The van der Waals surface area contributed by atoms with Gasteiger partial charge in [-0.05, 0) is 37.9 Å². The summed E-state index contributed by atoms with van der Waals surface area (Å²) in [6, 6.07) is 8.92. The van der Waals surface area contributed by atoms with E-state index in [0.29, 0.717) is 16.7 Å². The third-order valence-corrected chi connectivity index (χ3v) is 4.88. The quantitative estimate of drug-likeness (QED) is 0.763. The summed E-state index contributed by atoms with van der Waals surface area (Å²) in [5.41, 5.74) is 2.20. The second kappa shape index (κ2) is 6.21. The van der Waals surface area contributed by atoms with Crippen LogP contribution < -0.4 is 4.72 Å². The van der Waals surface area contributed by atoms with Crippen molar-refractivity contribution < 1.29 is 8.42 Å². The molecule has 0 aliphatic carbocycles. The largest absolute Gasteiger partial charge is 0.305 e. The Kier molecular flexibility index (Phi) is 4.25. The number of rotatable bonds is 5. The molecule has 0 bridgehead atoms. The van der Waals surface area contributed by atoms with Crippen LogP contribution in [0.5, 0.6) is 0 Å². The zero-order valence-corrected chi connectivity index (χ0v) is 14.6. The van der Waals surface area contributed by atoms with Crippen LogP contribution in [0.4, 0.5) is 5.69 Å². The molecule has 0 saturated carbocycles. The van der Waals surface area contributed by atoms with E-state index in [0.717, 1.165) is 12.1 Å². The van der Waals surface area contributed by atoms with E-state index in [2.05, 4.69) is 14.8 Å². The van der Waals surface area contributed by atoms with Crippen LogP contribution in [0.25, 0.3) is 11.0 Å². The average Bonchev–Trinajstić information content (AvgIpc) is 2.87. The number of hydrogen-bond acceptors (Lipinski definition) is 5. The number of pyridine rings is 1. The monoisotopic (exact) mass is 345 g/mol. The third-order valence-electron chi connectivity index (χ3n) is 3.53. The lowest BCUT2D eigenvalue weighted by Crippen LogP contribution is -2.14. The molecular weight excluding hydrogens is 326 g/mol. The summed E-state index contributed by atoms with van der Waals surface area (Å²) >= 11 is 0. The highest BCUT2D eigenvalue weighted by Crippen LogP contribution is 2.20. The molecule has 7 nitrogen and oxygen atoms in total. The fraction of sp³-hybridized carbons (Fsp3) is 0.250. The van der Waals surface area contributed by atoms with E-state index in [4.69, 9.17) is 0 Å². The van der Waals surface area contributed by atoms with Gasteiger partial charge in [0.05, 0.1) is 6.20 Å². The van der Waals surface area contributed by atoms with Gasteiger partial charge in [-0.2, -0.15) is 5.10 Å². The van der Waals surface area contributed by atoms with Gasteiger partial charge in [0.1, 0.15) is 4.90 Å². The smallest absolute Gasteiger partial charge is 0.263 e. The van der Waals surface area contributed by atoms with Crippen molar-refractivity contribution in [3.8, 4) is 0 Å². The van der Waals surface area contributed by atoms with Crippen molar-refractivity contribution in [3.63, 3.8) is 0 Å². The van der Waals surface area contributed by atoms with Gasteiger partial charge >= 0.3 is 0 Å². The summed E-state index contributed by atoms with van der Waals surface area (Å²) in [4.78, 5) is 6.31. The molecule has 0 saturated heterocycles. The van der Waals surface area contributed by atoms with E-state index < -0.39 is 10.0 Å². The first-order valence-corrected chi connectivity index (χ1v) is 8.88. The maximum absolute atomic E-state index is 12.6. The minimum atomic E-state index is -3.70. The van der Waals surface area contributed by atoms with E-state index >= 15 is 0 Å². The Morgan fingerprint density at radius 2 is 2.00 bits per heavy atom. The SMILES string of the molecule is CN(C)Cc1cccc(NS(=O)(=O)c2cnc3c(cnn3C)c2)c1. The van der Waals surface area contributed by atoms with E-state index in [-0.39, 0.29) is 4.90 Å². The highest BCUT2D eigenvalue weighted by molar-refractivity contribution is 7.92. The standard InChI is InChI=1S/C16H19N5O2S/c1-20(2)11-12-5-4-6-14(7-12)19-24(22,23)15-8-13-9-18-21(3)16(13)17-10-15/h4-10,19H,11H2,1-3H3. The Morgan fingerprint density at radius 1 is 1.21 bits per heavy atom. The number of aryl methyl sites for hydroxylation is 1. The predicted molar refractivity (Wildman–Crippen MR) is 93.2 cm³/mol. The van der Waals surface area contributed by atoms with Gasteiger partial charge in [0.15, 0.2) is 5.65 Å². The maximum atomic E-state index is 12.6. The van der Waals surface area contributed by atoms with Crippen LogP contribution >= 0.6 is 0 Å². The summed E-state index contributed by atoms with van der Waals surface area (Å²) in [5.74, 6) is 0. The molecular formula is C16H19N5O2S. The van der Waals surface area contributed by atoms with Gasteiger partial charge in [-0.3, -0.25) is 9.40 Å². The van der Waals surface area contributed by atoms with Crippen molar-refractivity contribution in [2.75, 3.05) is 18.8 Å². The number of hydrogen-bond donors (Lipinski definition) is 1. The molecule has 24 heavy (non-hydrogen) atoms. The molecule has 2 heterocycles. The number of fused-ring (bicyclic) bond motifs is 1. The van der Waals surface area contributed by atoms with Gasteiger partial charge in [-0.1, -0.05) is 12.1 Å². The molecule has 0 unspecified atom stereocenters. The summed E-state index contributed by atoms with van der Waals surface area (Å²) in [6.07, 6.45) is 2.94. The number of sulfonamides is 1. The van der Waals surface area contributed by atoms with Gasteiger partial charge in [0.25, 0.3) is 10.0 Å². The fourth-order valence-electron chi connectivity index (χ4n) is 2.48. The van der Waals surface area contributed by atoms with E-state index in [9.17, 15) is 8.42 Å². The maximum Gasteiger partial charge on any atom is 0.263 e. The van der Waals surface area contributed by atoms with Gasteiger partial charge in [0, 0.05) is 30.9 Å². The van der Waals surface area contributed by atoms with E-state index in [1.807, 2.05) is 37.2 Å². The Hall–Kier alpha value is -2.45. The van der Waals surface area contributed by atoms with Gasteiger partial charge < -0.3 is 4.90 Å². The minimum absolute atomic E-state index is 0.112. The molecule has 3 aromatic rings. The average molecular weight is 345 g/mol. The van der Waals surface area contributed by atoms with Crippen molar-refractivity contribution in [2.24, 2.45) is 7.05 Å². The number of aromatic nitrogens is 3. The summed E-state index contributed by atoms with van der Waals surface area (Å²) in [7, 11) is 1.99. The summed E-state index contributed by atoms with van der Waals surface area (Å²) in [6.45, 7) is 0.735. The number of nitrogens with one attached hydrogen (secondary N) is 1. The van der Waals surface area contributed by atoms with Gasteiger partial charge in [-0.25, -0.2) is 13.4 Å². The number of nitrogens with zero attached hydrogens (tertiary/aromatic N) is 4. The summed E-state index contributed by atoms with van der Waals surface area (Å²) < 4.78 is 29.4. The van der Waals surface area contributed by atoms with E-state index in [1.165, 1.54) is 6.20 Å².